The third-order valence-corrected chi connectivity index (χ3v) is 3.31. The Kier molecular flexibility index (Phi) is 3.32. The van der Waals surface area contributed by atoms with Crippen LogP contribution in [0.15, 0.2) is 21.0 Å². The van der Waals surface area contributed by atoms with Crippen molar-refractivity contribution >= 4 is 27.5 Å². The molecule has 0 spiro atoms. The van der Waals surface area contributed by atoms with E-state index in [2.05, 4.69) is 10.3 Å². The number of thiophene rings is 1. The molecule has 2 aromatic heterocycles. The fourth-order valence-corrected chi connectivity index (χ4v) is 2.51. The van der Waals surface area contributed by atoms with Gasteiger partial charge in [-0.2, -0.15) is 0 Å². The predicted octanol–water partition coefficient (Wildman–Crippen LogP) is 0.666. The summed E-state index contributed by atoms with van der Waals surface area (Å²) in [6, 6.07) is 1.67. The summed E-state index contributed by atoms with van der Waals surface area (Å²) in [7, 11) is 0. The normalized spacial score (nSPS) is 11.7. The SMILES string of the molecule is CC(C)(C)NC(=O)Cn1c(=O)[nH]c2ccsc2c1=O. The second-order valence-electron chi connectivity index (χ2n) is 5.28. The molecule has 0 aromatic carbocycles. The molecule has 2 aromatic rings. The summed E-state index contributed by atoms with van der Waals surface area (Å²) >= 11 is 1.24. The van der Waals surface area contributed by atoms with E-state index in [1.807, 2.05) is 20.8 Å². The van der Waals surface area contributed by atoms with Crippen LogP contribution in [0.5, 0.6) is 0 Å². The van der Waals surface area contributed by atoms with Gasteiger partial charge in [0.25, 0.3) is 5.56 Å². The first-order valence-electron chi connectivity index (χ1n) is 5.79. The summed E-state index contributed by atoms with van der Waals surface area (Å²) in [6.45, 7) is 5.22. The van der Waals surface area contributed by atoms with E-state index in [9.17, 15) is 14.4 Å². The van der Waals surface area contributed by atoms with Gasteiger partial charge in [-0.1, -0.05) is 0 Å². The molecule has 0 saturated heterocycles. The number of hydrogen-bond acceptors (Lipinski definition) is 4. The molecular formula is C12H15N3O3S. The fraction of sp³-hybridized carbons (Fsp3) is 0.417. The highest BCUT2D eigenvalue weighted by Crippen LogP contribution is 2.11. The Morgan fingerprint density at radius 1 is 1.42 bits per heavy atom. The van der Waals surface area contributed by atoms with Gasteiger partial charge >= 0.3 is 5.69 Å². The quantitative estimate of drug-likeness (QED) is 0.848. The van der Waals surface area contributed by atoms with Crippen molar-refractivity contribution in [2.24, 2.45) is 0 Å². The lowest BCUT2D eigenvalue weighted by atomic mass is 10.1. The zero-order valence-corrected chi connectivity index (χ0v) is 11.8. The number of H-pyrrole nitrogens is 1. The van der Waals surface area contributed by atoms with Gasteiger partial charge in [0, 0.05) is 5.54 Å². The standard InChI is InChI=1S/C12H15N3O3S/c1-12(2,3)14-8(16)6-15-10(17)9-7(4-5-19-9)13-11(15)18/h4-5H,6H2,1-3H3,(H,13,18)(H,14,16). The maximum Gasteiger partial charge on any atom is 0.329 e. The number of carbonyl (C=O) groups excluding carboxylic acids is 1. The van der Waals surface area contributed by atoms with Gasteiger partial charge in [-0.15, -0.1) is 11.3 Å². The number of rotatable bonds is 2. The Balaban J connectivity index is 2.38. The molecule has 7 heteroatoms. The Morgan fingerprint density at radius 3 is 2.74 bits per heavy atom. The summed E-state index contributed by atoms with van der Waals surface area (Å²) in [6.07, 6.45) is 0. The fourth-order valence-electron chi connectivity index (χ4n) is 1.72. The zero-order chi connectivity index (χ0) is 14.2. The number of amides is 1. The first-order chi connectivity index (χ1) is 8.78. The molecule has 0 fully saturated rings. The second kappa shape index (κ2) is 4.65. The van der Waals surface area contributed by atoms with Gasteiger partial charge in [-0.25, -0.2) is 9.36 Å². The smallest absolute Gasteiger partial charge is 0.329 e. The first-order valence-corrected chi connectivity index (χ1v) is 6.67. The number of nitrogens with one attached hydrogen (secondary N) is 2. The minimum atomic E-state index is -0.569. The lowest BCUT2D eigenvalue weighted by Crippen LogP contribution is -2.46. The summed E-state index contributed by atoms with van der Waals surface area (Å²) < 4.78 is 1.36. The van der Waals surface area contributed by atoms with Crippen LogP contribution < -0.4 is 16.6 Å². The number of fused-ring (bicyclic) bond motifs is 1. The van der Waals surface area contributed by atoms with Gasteiger partial charge in [0.2, 0.25) is 5.91 Å². The third kappa shape index (κ3) is 2.93. The highest BCUT2D eigenvalue weighted by atomic mass is 32.1. The van der Waals surface area contributed by atoms with E-state index in [0.717, 1.165) is 4.57 Å². The van der Waals surface area contributed by atoms with Crippen molar-refractivity contribution in [2.75, 3.05) is 0 Å². The molecule has 0 aliphatic carbocycles. The maximum atomic E-state index is 12.1. The molecule has 2 rings (SSSR count). The molecular weight excluding hydrogens is 266 g/mol. The first kappa shape index (κ1) is 13.5. The molecule has 6 nitrogen and oxygen atoms in total. The van der Waals surface area contributed by atoms with E-state index in [-0.39, 0.29) is 12.5 Å². The van der Waals surface area contributed by atoms with Crippen LogP contribution >= 0.6 is 11.3 Å². The number of aromatic amines is 1. The Bertz CT molecular complexity index is 733. The average Bonchev–Trinajstić information content (AvgIpc) is 2.69. The van der Waals surface area contributed by atoms with Crippen molar-refractivity contribution in [1.82, 2.24) is 14.9 Å². The molecule has 1 amide bonds. The minimum absolute atomic E-state index is 0.278. The molecule has 0 radical (unpaired) electrons. The highest BCUT2D eigenvalue weighted by molar-refractivity contribution is 7.17. The summed E-state index contributed by atoms with van der Waals surface area (Å²) in [4.78, 5) is 38.2. The van der Waals surface area contributed by atoms with Crippen LogP contribution in [0, 0.1) is 0 Å². The van der Waals surface area contributed by atoms with Crippen molar-refractivity contribution in [3.8, 4) is 0 Å². The number of nitrogens with zero attached hydrogens (tertiary/aromatic N) is 1. The van der Waals surface area contributed by atoms with E-state index < -0.39 is 16.8 Å². The summed E-state index contributed by atoms with van der Waals surface area (Å²) in [5.74, 6) is -0.365. The van der Waals surface area contributed by atoms with Crippen LogP contribution in [0.1, 0.15) is 20.8 Å². The van der Waals surface area contributed by atoms with E-state index in [4.69, 9.17) is 0 Å². The third-order valence-electron chi connectivity index (χ3n) is 2.41. The van der Waals surface area contributed by atoms with E-state index >= 15 is 0 Å². The monoisotopic (exact) mass is 281 g/mol. The number of carbonyl (C=O) groups is 1. The molecule has 0 atom stereocenters. The van der Waals surface area contributed by atoms with Crippen LogP contribution in [0.2, 0.25) is 0 Å². The molecule has 0 unspecified atom stereocenters. The summed E-state index contributed by atoms with van der Waals surface area (Å²) in [5, 5.41) is 4.44. The van der Waals surface area contributed by atoms with E-state index in [0.29, 0.717) is 10.2 Å². The Morgan fingerprint density at radius 2 is 2.11 bits per heavy atom. The van der Waals surface area contributed by atoms with Gasteiger partial charge < -0.3 is 10.3 Å². The highest BCUT2D eigenvalue weighted by Gasteiger charge is 2.16. The molecule has 2 heterocycles. The second-order valence-corrected chi connectivity index (χ2v) is 6.20. The lowest BCUT2D eigenvalue weighted by molar-refractivity contribution is -0.123. The van der Waals surface area contributed by atoms with Crippen molar-refractivity contribution in [1.29, 1.82) is 0 Å². The molecule has 0 aliphatic heterocycles. The van der Waals surface area contributed by atoms with Crippen LogP contribution in [0.3, 0.4) is 0 Å². The largest absolute Gasteiger partial charge is 0.350 e. The van der Waals surface area contributed by atoms with Gasteiger partial charge in [0.05, 0.1) is 5.52 Å². The summed E-state index contributed by atoms with van der Waals surface area (Å²) in [5.41, 5.74) is -0.897. The molecule has 0 aliphatic rings. The number of aromatic nitrogens is 2. The minimum Gasteiger partial charge on any atom is -0.350 e. The van der Waals surface area contributed by atoms with Crippen LogP contribution in [-0.2, 0) is 11.3 Å². The zero-order valence-electron chi connectivity index (χ0n) is 10.9. The van der Waals surface area contributed by atoms with Crippen LogP contribution in [-0.4, -0.2) is 21.0 Å². The van der Waals surface area contributed by atoms with Crippen LogP contribution in [0.25, 0.3) is 10.2 Å². The maximum absolute atomic E-state index is 12.1. The van der Waals surface area contributed by atoms with E-state index in [1.165, 1.54) is 11.3 Å². The number of hydrogen-bond donors (Lipinski definition) is 2. The van der Waals surface area contributed by atoms with Gasteiger partial charge in [0.15, 0.2) is 0 Å². The van der Waals surface area contributed by atoms with Crippen molar-refractivity contribution in [3.63, 3.8) is 0 Å². The van der Waals surface area contributed by atoms with Gasteiger partial charge in [0.1, 0.15) is 11.2 Å². The Hall–Kier alpha value is -1.89. The average molecular weight is 281 g/mol. The predicted molar refractivity (Wildman–Crippen MR) is 74.6 cm³/mol. The molecule has 2 N–H and O–H groups in total. The molecule has 0 bridgehead atoms. The van der Waals surface area contributed by atoms with Crippen molar-refractivity contribution < 1.29 is 4.79 Å². The van der Waals surface area contributed by atoms with Crippen LogP contribution in [0.4, 0.5) is 0 Å². The Labute approximate surface area is 113 Å². The van der Waals surface area contributed by atoms with Gasteiger partial charge in [-0.3, -0.25) is 9.59 Å². The van der Waals surface area contributed by atoms with Gasteiger partial charge in [-0.05, 0) is 32.2 Å². The van der Waals surface area contributed by atoms with E-state index in [1.54, 1.807) is 11.4 Å². The van der Waals surface area contributed by atoms with Crippen molar-refractivity contribution in [2.45, 2.75) is 32.9 Å². The molecule has 102 valence electrons. The molecule has 19 heavy (non-hydrogen) atoms. The van der Waals surface area contributed by atoms with Crippen molar-refractivity contribution in [3.05, 3.63) is 32.3 Å². The molecule has 0 saturated carbocycles. The topological polar surface area (TPSA) is 84.0 Å². The lowest BCUT2D eigenvalue weighted by Gasteiger charge is -2.20.